The first-order valence-electron chi connectivity index (χ1n) is 3.24. The molecule has 7 heteroatoms. The molecular formula is C7H3BrF4OS. The minimum atomic E-state index is -4.63. The van der Waals surface area contributed by atoms with Crippen LogP contribution < -0.4 is 0 Å². The van der Waals surface area contributed by atoms with E-state index in [-0.39, 0.29) is 4.47 Å². The van der Waals surface area contributed by atoms with Gasteiger partial charge in [-0.3, -0.25) is 0 Å². The van der Waals surface area contributed by atoms with Crippen molar-refractivity contribution in [1.82, 2.24) is 0 Å². The second kappa shape index (κ2) is 3.98. The van der Waals surface area contributed by atoms with Gasteiger partial charge >= 0.3 is 5.51 Å². The largest absolute Gasteiger partial charge is 0.505 e. The second-order valence-corrected chi connectivity index (χ2v) is 4.18. The van der Waals surface area contributed by atoms with Gasteiger partial charge in [-0.1, -0.05) is 0 Å². The van der Waals surface area contributed by atoms with Gasteiger partial charge in [-0.25, -0.2) is 4.39 Å². The van der Waals surface area contributed by atoms with Crippen molar-refractivity contribution in [2.24, 2.45) is 0 Å². The highest BCUT2D eigenvalue weighted by Crippen LogP contribution is 2.44. The van der Waals surface area contributed by atoms with Crippen molar-refractivity contribution in [3.63, 3.8) is 0 Å². The molecule has 14 heavy (non-hydrogen) atoms. The zero-order valence-corrected chi connectivity index (χ0v) is 8.80. The van der Waals surface area contributed by atoms with Crippen molar-refractivity contribution in [3.8, 4) is 5.75 Å². The molecule has 1 N–H and O–H groups in total. The van der Waals surface area contributed by atoms with Crippen molar-refractivity contribution in [1.29, 1.82) is 0 Å². The van der Waals surface area contributed by atoms with Gasteiger partial charge in [-0.2, -0.15) is 13.2 Å². The number of halogens is 5. The maximum absolute atomic E-state index is 12.9. The summed E-state index contributed by atoms with van der Waals surface area (Å²) in [6.07, 6.45) is 0. The van der Waals surface area contributed by atoms with Crippen LogP contribution >= 0.6 is 27.7 Å². The molecule has 78 valence electrons. The number of hydrogen-bond acceptors (Lipinski definition) is 2. The Morgan fingerprint density at radius 2 is 1.86 bits per heavy atom. The Kier molecular flexibility index (Phi) is 3.31. The van der Waals surface area contributed by atoms with E-state index in [0.717, 1.165) is 12.1 Å². The van der Waals surface area contributed by atoms with E-state index < -0.39 is 33.7 Å². The normalized spacial score (nSPS) is 11.8. The fourth-order valence-electron chi connectivity index (χ4n) is 0.735. The van der Waals surface area contributed by atoms with Crippen LogP contribution in [0.15, 0.2) is 21.5 Å². The lowest BCUT2D eigenvalue weighted by Crippen LogP contribution is -2.00. The number of hydrogen-bond donors (Lipinski definition) is 1. The van der Waals surface area contributed by atoms with E-state index in [1.807, 2.05) is 0 Å². The lowest BCUT2D eigenvalue weighted by Gasteiger charge is -2.09. The summed E-state index contributed by atoms with van der Waals surface area (Å²) in [5.41, 5.74) is -4.63. The van der Waals surface area contributed by atoms with Gasteiger partial charge in [-0.05, 0) is 39.8 Å². The Morgan fingerprint density at radius 1 is 1.29 bits per heavy atom. The Bertz CT molecular complexity index is 352. The molecule has 0 saturated carbocycles. The third-order valence-electron chi connectivity index (χ3n) is 1.25. The molecule has 1 nitrogen and oxygen atoms in total. The van der Waals surface area contributed by atoms with Gasteiger partial charge in [0.25, 0.3) is 0 Å². The highest BCUT2D eigenvalue weighted by Gasteiger charge is 2.32. The van der Waals surface area contributed by atoms with Crippen LogP contribution in [0, 0.1) is 5.82 Å². The third-order valence-corrected chi connectivity index (χ3v) is 2.72. The highest BCUT2D eigenvalue weighted by atomic mass is 79.9. The van der Waals surface area contributed by atoms with Gasteiger partial charge in [-0.15, -0.1) is 0 Å². The Morgan fingerprint density at radius 3 is 2.36 bits per heavy atom. The smallest absolute Gasteiger partial charge is 0.446 e. The van der Waals surface area contributed by atoms with Gasteiger partial charge in [0.15, 0.2) is 0 Å². The van der Waals surface area contributed by atoms with E-state index in [4.69, 9.17) is 5.11 Å². The zero-order chi connectivity index (χ0) is 10.9. The predicted molar refractivity (Wildman–Crippen MR) is 47.7 cm³/mol. The minimum Gasteiger partial charge on any atom is -0.505 e. The molecule has 0 amide bonds. The number of phenols is 1. The molecule has 0 unspecified atom stereocenters. The van der Waals surface area contributed by atoms with Gasteiger partial charge in [0, 0.05) is 0 Å². The zero-order valence-electron chi connectivity index (χ0n) is 6.40. The average molecular weight is 291 g/mol. The Hall–Kier alpha value is -0.430. The molecule has 0 aliphatic heterocycles. The van der Waals surface area contributed by atoms with Crippen LogP contribution in [-0.2, 0) is 0 Å². The summed E-state index contributed by atoms with van der Waals surface area (Å²) in [4.78, 5) is -0.827. The second-order valence-electron chi connectivity index (χ2n) is 2.25. The molecule has 0 radical (unpaired) electrons. The molecule has 0 spiro atoms. The summed E-state index contributed by atoms with van der Waals surface area (Å²) >= 11 is 2.10. The van der Waals surface area contributed by atoms with Crippen LogP contribution in [-0.4, -0.2) is 10.6 Å². The van der Waals surface area contributed by atoms with Crippen LogP contribution in [0.5, 0.6) is 5.75 Å². The first-order valence-corrected chi connectivity index (χ1v) is 4.85. The van der Waals surface area contributed by atoms with Crippen molar-refractivity contribution >= 4 is 27.7 Å². The van der Waals surface area contributed by atoms with E-state index in [0.29, 0.717) is 0 Å². The summed E-state index contributed by atoms with van der Waals surface area (Å²) in [6.45, 7) is 0. The molecule has 0 aromatic heterocycles. The minimum absolute atomic E-state index is 0.0191. The Balaban J connectivity index is 3.13. The fourth-order valence-corrected chi connectivity index (χ4v) is 1.80. The number of alkyl halides is 3. The molecule has 0 atom stereocenters. The molecule has 0 aliphatic carbocycles. The van der Waals surface area contributed by atoms with Gasteiger partial charge in [0.05, 0.1) is 9.37 Å². The molecule has 0 heterocycles. The fraction of sp³-hybridized carbons (Fsp3) is 0.143. The quantitative estimate of drug-likeness (QED) is 0.625. The standard InChI is InChI=1S/C7H3BrF4OS/c8-3-1-2-4(9)6(5(3)13)14-7(10,11)12/h1-2,13H. The van der Waals surface area contributed by atoms with Crippen LogP contribution in [0.2, 0.25) is 0 Å². The molecular weight excluding hydrogens is 288 g/mol. The summed E-state index contributed by atoms with van der Waals surface area (Å²) < 4.78 is 48.6. The van der Waals surface area contributed by atoms with E-state index in [2.05, 4.69) is 15.9 Å². The van der Waals surface area contributed by atoms with Crippen molar-refractivity contribution in [2.45, 2.75) is 10.4 Å². The SMILES string of the molecule is Oc1c(Br)ccc(F)c1SC(F)(F)F. The Labute approximate surface area is 89.2 Å². The summed E-state index contributed by atoms with van der Waals surface area (Å²) in [5.74, 6) is -1.85. The van der Waals surface area contributed by atoms with Crippen LogP contribution in [0.1, 0.15) is 0 Å². The first kappa shape index (κ1) is 11.6. The lowest BCUT2D eigenvalue weighted by molar-refractivity contribution is -0.0330. The molecule has 1 rings (SSSR count). The van der Waals surface area contributed by atoms with Crippen molar-refractivity contribution in [2.75, 3.05) is 0 Å². The molecule has 1 aromatic carbocycles. The van der Waals surface area contributed by atoms with E-state index in [9.17, 15) is 17.6 Å². The van der Waals surface area contributed by atoms with E-state index >= 15 is 0 Å². The van der Waals surface area contributed by atoms with Gasteiger partial charge < -0.3 is 5.11 Å². The summed E-state index contributed by atoms with van der Waals surface area (Å²) in [6, 6.07) is 1.98. The summed E-state index contributed by atoms with van der Waals surface area (Å²) in [7, 11) is 0. The molecule has 1 aromatic rings. The average Bonchev–Trinajstić information content (AvgIpc) is 2.04. The lowest BCUT2D eigenvalue weighted by atomic mass is 10.3. The van der Waals surface area contributed by atoms with E-state index in [1.165, 1.54) is 0 Å². The molecule has 0 saturated heterocycles. The third kappa shape index (κ3) is 2.78. The van der Waals surface area contributed by atoms with Gasteiger partial charge in [0.2, 0.25) is 0 Å². The monoisotopic (exact) mass is 290 g/mol. The van der Waals surface area contributed by atoms with Crippen LogP contribution in [0.25, 0.3) is 0 Å². The number of thioether (sulfide) groups is 1. The predicted octanol–water partition coefficient (Wildman–Crippen LogP) is 3.91. The maximum Gasteiger partial charge on any atom is 0.446 e. The molecule has 0 bridgehead atoms. The van der Waals surface area contributed by atoms with Crippen LogP contribution in [0.4, 0.5) is 17.6 Å². The van der Waals surface area contributed by atoms with E-state index in [1.54, 1.807) is 0 Å². The highest BCUT2D eigenvalue weighted by molar-refractivity contribution is 9.10. The van der Waals surface area contributed by atoms with Gasteiger partial charge in [0.1, 0.15) is 11.6 Å². The van der Waals surface area contributed by atoms with Crippen molar-refractivity contribution < 1.29 is 22.7 Å². The number of rotatable bonds is 1. The van der Waals surface area contributed by atoms with Crippen LogP contribution in [0.3, 0.4) is 0 Å². The number of aromatic hydroxyl groups is 1. The number of phenolic OH excluding ortho intramolecular Hbond substituents is 1. The summed E-state index contributed by atoms with van der Waals surface area (Å²) in [5, 5.41) is 9.13. The number of benzene rings is 1. The van der Waals surface area contributed by atoms with Crippen molar-refractivity contribution in [3.05, 3.63) is 22.4 Å². The maximum atomic E-state index is 12.9. The molecule has 0 fully saturated rings. The first-order chi connectivity index (χ1) is 6.31. The topological polar surface area (TPSA) is 20.2 Å². The molecule has 0 aliphatic rings.